The zero-order valence-electron chi connectivity index (χ0n) is 11.3. The number of nitrogens with one attached hydrogen (secondary N) is 1. The first-order valence-electron chi connectivity index (χ1n) is 6.45. The lowest BCUT2D eigenvalue weighted by Gasteiger charge is -2.22. The molecule has 2 N–H and O–H groups in total. The normalized spacial score (nSPS) is 12.9. The highest BCUT2D eigenvalue weighted by atomic mass is 16.4. The third-order valence-electron chi connectivity index (χ3n) is 3.32. The molecule has 1 unspecified atom stereocenters. The Hall–Kier alpha value is -1.43. The highest BCUT2D eigenvalue weighted by Gasteiger charge is 2.12. The molecule has 0 spiro atoms. The number of aromatic carboxylic acids is 1. The van der Waals surface area contributed by atoms with E-state index in [9.17, 15) is 4.79 Å². The maximum absolute atomic E-state index is 10.6. The fourth-order valence-corrected chi connectivity index (χ4v) is 2.07. The van der Waals surface area contributed by atoms with E-state index in [0.29, 0.717) is 18.5 Å². The minimum Gasteiger partial charge on any atom is -0.476 e. The van der Waals surface area contributed by atoms with Crippen LogP contribution in [0, 0.1) is 5.92 Å². The van der Waals surface area contributed by atoms with E-state index >= 15 is 0 Å². The summed E-state index contributed by atoms with van der Waals surface area (Å²) in [5, 5.41) is 19.5. The molecule has 1 heterocycles. The molecule has 0 saturated heterocycles. The van der Waals surface area contributed by atoms with Crippen molar-refractivity contribution in [2.45, 2.75) is 46.2 Å². The minimum absolute atomic E-state index is 0.0111. The zero-order valence-corrected chi connectivity index (χ0v) is 11.3. The fourth-order valence-electron chi connectivity index (χ4n) is 2.07. The molecule has 0 aliphatic rings. The molecule has 6 heteroatoms. The van der Waals surface area contributed by atoms with Crippen molar-refractivity contribution in [3.05, 3.63) is 11.9 Å². The van der Waals surface area contributed by atoms with Gasteiger partial charge < -0.3 is 10.4 Å². The van der Waals surface area contributed by atoms with E-state index in [-0.39, 0.29) is 5.69 Å². The van der Waals surface area contributed by atoms with E-state index < -0.39 is 5.97 Å². The first-order valence-corrected chi connectivity index (χ1v) is 6.45. The van der Waals surface area contributed by atoms with Crippen molar-refractivity contribution >= 4 is 5.97 Å². The Kier molecular flexibility index (Phi) is 5.77. The van der Waals surface area contributed by atoms with Crippen LogP contribution in [0.5, 0.6) is 0 Å². The van der Waals surface area contributed by atoms with Gasteiger partial charge in [-0.3, -0.25) is 4.68 Å². The molecular formula is C12H22N4O2. The Labute approximate surface area is 107 Å². The molecule has 102 valence electrons. The molecule has 0 bridgehead atoms. The number of carbonyl (C=O) groups is 1. The minimum atomic E-state index is -1.04. The van der Waals surface area contributed by atoms with Gasteiger partial charge in [-0.15, -0.1) is 5.10 Å². The maximum atomic E-state index is 10.6. The van der Waals surface area contributed by atoms with Crippen LogP contribution >= 0.6 is 0 Å². The SMILES string of the molecule is CCC(CC)C(C)NCCn1cc(C(=O)O)nn1. The van der Waals surface area contributed by atoms with Gasteiger partial charge in [0.15, 0.2) is 5.69 Å². The van der Waals surface area contributed by atoms with E-state index in [1.807, 2.05) is 0 Å². The van der Waals surface area contributed by atoms with Crippen molar-refractivity contribution < 1.29 is 9.90 Å². The van der Waals surface area contributed by atoms with E-state index in [1.165, 1.54) is 6.20 Å². The summed E-state index contributed by atoms with van der Waals surface area (Å²) in [5.74, 6) is -0.366. The van der Waals surface area contributed by atoms with E-state index in [0.717, 1.165) is 19.4 Å². The predicted octanol–water partition coefficient (Wildman–Crippen LogP) is 1.39. The molecule has 0 aromatic carbocycles. The van der Waals surface area contributed by atoms with Gasteiger partial charge in [-0.25, -0.2) is 4.79 Å². The molecule has 0 radical (unpaired) electrons. The van der Waals surface area contributed by atoms with Crippen LogP contribution in [0.25, 0.3) is 0 Å². The summed E-state index contributed by atoms with van der Waals surface area (Å²) in [6.07, 6.45) is 3.78. The molecular weight excluding hydrogens is 232 g/mol. The van der Waals surface area contributed by atoms with E-state index in [4.69, 9.17) is 5.11 Å². The lowest BCUT2D eigenvalue weighted by molar-refractivity contribution is 0.0690. The van der Waals surface area contributed by atoms with Gasteiger partial charge in [0.1, 0.15) is 0 Å². The van der Waals surface area contributed by atoms with Crippen molar-refractivity contribution in [3.8, 4) is 0 Å². The third kappa shape index (κ3) is 4.10. The quantitative estimate of drug-likeness (QED) is 0.732. The van der Waals surface area contributed by atoms with Crippen LogP contribution < -0.4 is 5.32 Å². The number of hydrogen-bond acceptors (Lipinski definition) is 4. The summed E-state index contributed by atoms with van der Waals surface area (Å²) in [6, 6.07) is 0.461. The Balaban J connectivity index is 2.34. The average Bonchev–Trinajstić information content (AvgIpc) is 2.79. The van der Waals surface area contributed by atoms with Gasteiger partial charge in [-0.1, -0.05) is 31.9 Å². The third-order valence-corrected chi connectivity index (χ3v) is 3.32. The molecule has 0 aliphatic carbocycles. The highest BCUT2D eigenvalue weighted by molar-refractivity contribution is 5.84. The lowest BCUT2D eigenvalue weighted by atomic mass is 9.95. The smallest absolute Gasteiger partial charge is 0.358 e. The Bertz CT molecular complexity index is 374. The molecule has 18 heavy (non-hydrogen) atoms. The zero-order chi connectivity index (χ0) is 13.5. The second kappa shape index (κ2) is 7.10. The average molecular weight is 254 g/mol. The van der Waals surface area contributed by atoms with Crippen LogP contribution in [0.4, 0.5) is 0 Å². The van der Waals surface area contributed by atoms with Crippen molar-refractivity contribution in [2.24, 2.45) is 5.92 Å². The number of nitrogens with zero attached hydrogens (tertiary/aromatic N) is 3. The number of aromatic nitrogens is 3. The summed E-state index contributed by atoms with van der Waals surface area (Å²) in [6.45, 7) is 7.97. The van der Waals surface area contributed by atoms with Crippen LogP contribution in [-0.2, 0) is 6.54 Å². The molecule has 0 fully saturated rings. The molecule has 1 aromatic heterocycles. The molecule has 6 nitrogen and oxygen atoms in total. The summed E-state index contributed by atoms with van der Waals surface area (Å²) >= 11 is 0. The molecule has 1 aromatic rings. The number of hydrogen-bond donors (Lipinski definition) is 2. The topological polar surface area (TPSA) is 80.0 Å². The first-order chi connectivity index (χ1) is 8.58. The van der Waals surface area contributed by atoms with Crippen LogP contribution in [0.15, 0.2) is 6.20 Å². The van der Waals surface area contributed by atoms with E-state index in [2.05, 4.69) is 36.4 Å². The summed E-state index contributed by atoms with van der Waals surface area (Å²) in [7, 11) is 0. The van der Waals surface area contributed by atoms with Crippen molar-refractivity contribution in [1.82, 2.24) is 20.3 Å². The molecule has 1 rings (SSSR count). The second-order valence-corrected chi connectivity index (χ2v) is 4.49. The maximum Gasteiger partial charge on any atom is 0.358 e. The van der Waals surface area contributed by atoms with Gasteiger partial charge in [0.2, 0.25) is 0 Å². The summed E-state index contributed by atoms with van der Waals surface area (Å²) in [5.41, 5.74) is -0.0111. The largest absolute Gasteiger partial charge is 0.476 e. The van der Waals surface area contributed by atoms with Gasteiger partial charge in [-0.2, -0.15) is 0 Å². The van der Waals surface area contributed by atoms with Crippen molar-refractivity contribution in [1.29, 1.82) is 0 Å². The number of carboxylic acid groups (broad SMARTS) is 1. The number of carboxylic acids is 1. The van der Waals surface area contributed by atoms with Crippen LogP contribution in [-0.4, -0.2) is 38.7 Å². The van der Waals surface area contributed by atoms with Gasteiger partial charge in [-0.05, 0) is 12.8 Å². The molecule has 1 atom stereocenters. The van der Waals surface area contributed by atoms with Gasteiger partial charge in [0.25, 0.3) is 0 Å². The molecule has 0 saturated carbocycles. The first kappa shape index (κ1) is 14.6. The van der Waals surface area contributed by atoms with Crippen LogP contribution in [0.2, 0.25) is 0 Å². The van der Waals surface area contributed by atoms with Gasteiger partial charge >= 0.3 is 5.97 Å². The van der Waals surface area contributed by atoms with Crippen LogP contribution in [0.3, 0.4) is 0 Å². The summed E-state index contributed by atoms with van der Waals surface area (Å²) in [4.78, 5) is 10.6. The van der Waals surface area contributed by atoms with Crippen molar-refractivity contribution in [2.75, 3.05) is 6.54 Å². The Morgan fingerprint density at radius 1 is 1.50 bits per heavy atom. The molecule has 0 aliphatic heterocycles. The lowest BCUT2D eigenvalue weighted by Crippen LogP contribution is -2.35. The molecule has 0 amide bonds. The monoisotopic (exact) mass is 254 g/mol. The van der Waals surface area contributed by atoms with Crippen LogP contribution in [0.1, 0.15) is 44.1 Å². The fraction of sp³-hybridized carbons (Fsp3) is 0.750. The number of rotatable bonds is 8. The second-order valence-electron chi connectivity index (χ2n) is 4.49. The summed E-state index contributed by atoms with van der Waals surface area (Å²) < 4.78 is 1.55. The van der Waals surface area contributed by atoms with E-state index in [1.54, 1.807) is 4.68 Å². The van der Waals surface area contributed by atoms with Gasteiger partial charge in [0, 0.05) is 12.6 Å². The Morgan fingerprint density at radius 3 is 2.67 bits per heavy atom. The Morgan fingerprint density at radius 2 is 2.17 bits per heavy atom. The predicted molar refractivity (Wildman–Crippen MR) is 68.5 cm³/mol. The highest BCUT2D eigenvalue weighted by Crippen LogP contribution is 2.12. The standard InChI is InChI=1S/C12H22N4O2/c1-4-10(5-2)9(3)13-6-7-16-8-11(12(17)18)14-15-16/h8-10,13H,4-7H2,1-3H3,(H,17,18). The van der Waals surface area contributed by atoms with Gasteiger partial charge in [0.05, 0.1) is 12.7 Å². The van der Waals surface area contributed by atoms with Crippen molar-refractivity contribution in [3.63, 3.8) is 0 Å².